The average molecular weight is 220 g/mol. The monoisotopic (exact) mass is 220 g/mol. The first-order valence-electron chi connectivity index (χ1n) is 5.04. The van der Waals surface area contributed by atoms with E-state index in [9.17, 15) is 0 Å². The van der Waals surface area contributed by atoms with Gasteiger partial charge in [0.2, 0.25) is 0 Å². The van der Waals surface area contributed by atoms with Gasteiger partial charge in [-0.05, 0) is 30.4 Å². The summed E-state index contributed by atoms with van der Waals surface area (Å²) in [4.78, 5) is 8.76. The van der Waals surface area contributed by atoms with Gasteiger partial charge in [-0.2, -0.15) is 0 Å². The van der Waals surface area contributed by atoms with Crippen LogP contribution in [-0.2, 0) is 11.2 Å². The highest BCUT2D eigenvalue weighted by Crippen LogP contribution is 2.36. The summed E-state index contributed by atoms with van der Waals surface area (Å²) in [5.74, 6) is 0. The Bertz CT molecular complexity index is 474. The Balaban J connectivity index is 2.07. The van der Waals surface area contributed by atoms with Crippen LogP contribution in [0.5, 0.6) is 0 Å². The molecule has 3 rings (SSSR count). The summed E-state index contributed by atoms with van der Waals surface area (Å²) in [7, 11) is 0. The average Bonchev–Trinajstić information content (AvgIpc) is 2.85. The molecule has 1 N–H and O–H groups in total. The van der Waals surface area contributed by atoms with Gasteiger partial charge in [0.15, 0.2) is 0 Å². The molecule has 15 heavy (non-hydrogen) atoms. The standard InChI is InChI=1S/C11H12N2OS/c1-7-9(13-6-12-7)10-11-8(2-4-14-10)3-5-15-11/h3,5-6,10H,2,4H2,1H3,(H,12,13)/t10-/m0/s1. The number of aryl methyl sites for hydroxylation is 1. The number of H-pyrrole nitrogens is 1. The minimum absolute atomic E-state index is 0.0417. The number of fused-ring (bicyclic) bond motifs is 1. The Hall–Kier alpha value is -1.13. The third kappa shape index (κ3) is 1.41. The molecule has 0 saturated heterocycles. The SMILES string of the molecule is Cc1[nH]cnc1[C@@H]1OCCc2ccsc21. The van der Waals surface area contributed by atoms with E-state index in [1.165, 1.54) is 10.4 Å². The van der Waals surface area contributed by atoms with Crippen molar-refractivity contribution in [3.8, 4) is 0 Å². The third-order valence-corrected chi connectivity index (χ3v) is 3.79. The minimum atomic E-state index is 0.0417. The van der Waals surface area contributed by atoms with Crippen molar-refractivity contribution in [3.05, 3.63) is 39.6 Å². The second-order valence-corrected chi connectivity index (χ2v) is 4.67. The normalized spacial score (nSPS) is 20.2. The lowest BCUT2D eigenvalue weighted by Gasteiger charge is -2.22. The molecule has 3 heterocycles. The Morgan fingerprint density at radius 3 is 3.33 bits per heavy atom. The quantitative estimate of drug-likeness (QED) is 0.801. The Morgan fingerprint density at radius 1 is 1.60 bits per heavy atom. The molecule has 0 fully saturated rings. The molecule has 1 atom stereocenters. The van der Waals surface area contributed by atoms with Crippen LogP contribution in [0.1, 0.15) is 27.9 Å². The summed E-state index contributed by atoms with van der Waals surface area (Å²) < 4.78 is 5.82. The highest BCUT2D eigenvalue weighted by Gasteiger charge is 2.26. The maximum absolute atomic E-state index is 5.82. The summed E-state index contributed by atoms with van der Waals surface area (Å²) in [6.07, 6.45) is 2.80. The summed E-state index contributed by atoms with van der Waals surface area (Å²) in [6, 6.07) is 2.19. The minimum Gasteiger partial charge on any atom is -0.366 e. The topological polar surface area (TPSA) is 37.9 Å². The molecule has 0 unspecified atom stereocenters. The second-order valence-electron chi connectivity index (χ2n) is 3.72. The van der Waals surface area contributed by atoms with E-state index in [2.05, 4.69) is 21.4 Å². The number of nitrogens with zero attached hydrogens (tertiary/aromatic N) is 1. The molecule has 2 aromatic rings. The van der Waals surface area contributed by atoms with Crippen molar-refractivity contribution in [2.75, 3.05) is 6.61 Å². The zero-order valence-corrected chi connectivity index (χ0v) is 9.30. The Morgan fingerprint density at radius 2 is 2.53 bits per heavy atom. The predicted molar refractivity (Wildman–Crippen MR) is 59.1 cm³/mol. The molecular weight excluding hydrogens is 208 g/mol. The highest BCUT2D eigenvalue weighted by molar-refractivity contribution is 7.10. The zero-order chi connectivity index (χ0) is 10.3. The van der Waals surface area contributed by atoms with Crippen molar-refractivity contribution >= 4 is 11.3 Å². The van der Waals surface area contributed by atoms with Crippen molar-refractivity contribution < 1.29 is 4.74 Å². The van der Waals surface area contributed by atoms with Gasteiger partial charge in [0.25, 0.3) is 0 Å². The lowest BCUT2D eigenvalue weighted by molar-refractivity contribution is 0.0699. The molecule has 2 aromatic heterocycles. The molecular formula is C11H12N2OS. The lowest BCUT2D eigenvalue weighted by atomic mass is 10.0. The first-order chi connectivity index (χ1) is 7.36. The molecule has 1 aliphatic rings. The summed E-state index contributed by atoms with van der Waals surface area (Å²) in [5.41, 5.74) is 3.54. The van der Waals surface area contributed by atoms with E-state index in [4.69, 9.17) is 4.74 Å². The number of nitrogens with one attached hydrogen (secondary N) is 1. The molecule has 0 radical (unpaired) electrons. The number of hydrogen-bond donors (Lipinski definition) is 1. The van der Waals surface area contributed by atoms with Gasteiger partial charge in [-0.1, -0.05) is 0 Å². The number of rotatable bonds is 1. The summed E-state index contributed by atoms with van der Waals surface area (Å²) in [5, 5.41) is 2.13. The predicted octanol–water partition coefficient (Wildman–Crippen LogP) is 2.44. The maximum Gasteiger partial charge on any atom is 0.136 e. The van der Waals surface area contributed by atoms with Gasteiger partial charge in [-0.15, -0.1) is 11.3 Å². The largest absolute Gasteiger partial charge is 0.366 e. The van der Waals surface area contributed by atoms with Gasteiger partial charge in [0.05, 0.1) is 18.6 Å². The van der Waals surface area contributed by atoms with Crippen molar-refractivity contribution in [1.29, 1.82) is 0 Å². The van der Waals surface area contributed by atoms with Gasteiger partial charge < -0.3 is 9.72 Å². The molecule has 0 bridgehead atoms. The van der Waals surface area contributed by atoms with Crippen LogP contribution in [0.3, 0.4) is 0 Å². The molecule has 4 heteroatoms. The number of aromatic amines is 1. The van der Waals surface area contributed by atoms with Crippen molar-refractivity contribution in [2.45, 2.75) is 19.4 Å². The molecule has 0 aliphatic carbocycles. The molecule has 0 saturated carbocycles. The van der Waals surface area contributed by atoms with Gasteiger partial charge in [-0.25, -0.2) is 4.98 Å². The van der Waals surface area contributed by atoms with Crippen LogP contribution >= 0.6 is 11.3 Å². The van der Waals surface area contributed by atoms with Crippen LogP contribution in [0, 0.1) is 6.92 Å². The van der Waals surface area contributed by atoms with Crippen LogP contribution in [0.25, 0.3) is 0 Å². The van der Waals surface area contributed by atoms with Crippen LogP contribution in [0.4, 0.5) is 0 Å². The second kappa shape index (κ2) is 3.47. The van der Waals surface area contributed by atoms with E-state index < -0.39 is 0 Å². The Kier molecular flexibility index (Phi) is 2.11. The summed E-state index contributed by atoms with van der Waals surface area (Å²) >= 11 is 1.76. The molecule has 0 spiro atoms. The van der Waals surface area contributed by atoms with Crippen LogP contribution in [0.15, 0.2) is 17.8 Å². The van der Waals surface area contributed by atoms with Gasteiger partial charge in [0, 0.05) is 10.6 Å². The lowest BCUT2D eigenvalue weighted by Crippen LogP contribution is -2.16. The van der Waals surface area contributed by atoms with Gasteiger partial charge in [0.1, 0.15) is 6.10 Å². The molecule has 78 valence electrons. The van der Waals surface area contributed by atoms with Crippen LogP contribution in [0.2, 0.25) is 0 Å². The molecule has 0 amide bonds. The fourth-order valence-corrected chi connectivity index (χ4v) is 2.99. The van der Waals surface area contributed by atoms with E-state index in [0.29, 0.717) is 0 Å². The van der Waals surface area contributed by atoms with Crippen molar-refractivity contribution in [1.82, 2.24) is 9.97 Å². The van der Waals surface area contributed by atoms with E-state index in [0.717, 1.165) is 24.4 Å². The van der Waals surface area contributed by atoms with Crippen LogP contribution in [-0.4, -0.2) is 16.6 Å². The first kappa shape index (κ1) is 9.12. The number of aromatic nitrogens is 2. The first-order valence-corrected chi connectivity index (χ1v) is 5.92. The van der Waals surface area contributed by atoms with Crippen molar-refractivity contribution in [3.63, 3.8) is 0 Å². The Labute approximate surface area is 92.1 Å². The highest BCUT2D eigenvalue weighted by atomic mass is 32.1. The smallest absolute Gasteiger partial charge is 0.136 e. The van der Waals surface area contributed by atoms with Crippen molar-refractivity contribution in [2.24, 2.45) is 0 Å². The molecule has 0 aromatic carbocycles. The van der Waals surface area contributed by atoms with Crippen LogP contribution < -0.4 is 0 Å². The molecule has 1 aliphatic heterocycles. The number of thiophene rings is 1. The van der Waals surface area contributed by atoms with Gasteiger partial charge in [-0.3, -0.25) is 0 Å². The fourth-order valence-electron chi connectivity index (χ4n) is 1.98. The number of ether oxygens (including phenoxy) is 1. The zero-order valence-electron chi connectivity index (χ0n) is 8.49. The summed E-state index contributed by atoms with van der Waals surface area (Å²) in [6.45, 7) is 2.83. The molecule has 3 nitrogen and oxygen atoms in total. The van der Waals surface area contributed by atoms with E-state index in [1.807, 2.05) is 6.92 Å². The maximum atomic E-state index is 5.82. The van der Waals surface area contributed by atoms with E-state index in [1.54, 1.807) is 17.7 Å². The van der Waals surface area contributed by atoms with E-state index >= 15 is 0 Å². The number of imidazole rings is 1. The fraction of sp³-hybridized carbons (Fsp3) is 0.364. The third-order valence-electron chi connectivity index (χ3n) is 2.79. The van der Waals surface area contributed by atoms with Gasteiger partial charge >= 0.3 is 0 Å². The van der Waals surface area contributed by atoms with E-state index in [-0.39, 0.29) is 6.10 Å². The number of hydrogen-bond acceptors (Lipinski definition) is 3.